The first-order chi connectivity index (χ1) is 14.8. The summed E-state index contributed by atoms with van der Waals surface area (Å²) in [7, 11) is -9.20. The summed E-state index contributed by atoms with van der Waals surface area (Å²) in [5.74, 6) is -1.42. The van der Waals surface area contributed by atoms with E-state index in [0.29, 0.717) is 5.56 Å². The number of aryl methyl sites for hydroxylation is 2. The molecule has 0 radical (unpaired) electrons. The Morgan fingerprint density at radius 2 is 1.18 bits per heavy atom. The first kappa shape index (κ1) is 27.4. The Balaban J connectivity index is 2.77. The molecule has 2 aromatic rings. The molecule has 0 bridgehead atoms. The van der Waals surface area contributed by atoms with E-state index in [0.717, 1.165) is 23.3 Å². The van der Waals surface area contributed by atoms with Crippen molar-refractivity contribution in [2.75, 3.05) is 13.2 Å². The Bertz CT molecular complexity index is 1170. The maximum atomic E-state index is 15.5. The molecular weight excluding hydrogens is 467 g/mol. The van der Waals surface area contributed by atoms with Crippen molar-refractivity contribution in [2.24, 2.45) is 10.8 Å². The maximum Gasteiger partial charge on any atom is 0.299 e. The van der Waals surface area contributed by atoms with Gasteiger partial charge < -0.3 is 0 Å². The predicted molar refractivity (Wildman–Crippen MR) is 126 cm³/mol. The lowest BCUT2D eigenvalue weighted by Gasteiger charge is -2.20. The summed E-state index contributed by atoms with van der Waals surface area (Å²) in [4.78, 5) is -1.69. The number of hydrogen-bond donors (Lipinski definition) is 0. The lowest BCUT2D eigenvalue weighted by molar-refractivity contribution is 0.201. The van der Waals surface area contributed by atoms with E-state index in [9.17, 15) is 16.8 Å². The topological polar surface area (TPSA) is 86.7 Å². The normalized spacial score (nSPS) is 13.4. The van der Waals surface area contributed by atoms with Gasteiger partial charge in [-0.2, -0.15) is 16.8 Å². The van der Waals surface area contributed by atoms with Crippen molar-refractivity contribution in [1.82, 2.24) is 0 Å². The minimum absolute atomic E-state index is 0.203. The fraction of sp³-hybridized carbons (Fsp3) is 0.500. The van der Waals surface area contributed by atoms with Gasteiger partial charge in [0.25, 0.3) is 20.2 Å². The second kappa shape index (κ2) is 9.44. The highest BCUT2D eigenvalue weighted by atomic mass is 32.2. The summed E-state index contributed by atoms with van der Waals surface area (Å²) in [6.45, 7) is 13.8. The number of benzene rings is 2. The number of halogens is 1. The second-order valence-corrected chi connectivity index (χ2v) is 13.8. The summed E-state index contributed by atoms with van der Waals surface area (Å²) in [5.41, 5.74) is 1.42. The zero-order chi connectivity index (χ0) is 25.4. The Kier molecular flexibility index (Phi) is 7.85. The highest BCUT2D eigenvalue weighted by Crippen LogP contribution is 2.34. The molecule has 0 aliphatic carbocycles. The summed E-state index contributed by atoms with van der Waals surface area (Å²) >= 11 is 0. The van der Waals surface area contributed by atoms with Crippen molar-refractivity contribution in [3.8, 4) is 11.1 Å². The molecule has 9 heteroatoms. The van der Waals surface area contributed by atoms with Crippen molar-refractivity contribution in [3.63, 3.8) is 0 Å². The summed E-state index contributed by atoms with van der Waals surface area (Å²) in [5, 5.41) is 0. The van der Waals surface area contributed by atoms with Gasteiger partial charge >= 0.3 is 0 Å². The van der Waals surface area contributed by atoms with Crippen LogP contribution in [0.2, 0.25) is 0 Å². The van der Waals surface area contributed by atoms with E-state index in [1.807, 2.05) is 19.1 Å². The molecular formula is C24H33FO6S2. The molecule has 0 saturated heterocycles. The maximum absolute atomic E-state index is 15.5. The Morgan fingerprint density at radius 1 is 0.758 bits per heavy atom. The van der Waals surface area contributed by atoms with Crippen molar-refractivity contribution in [1.29, 1.82) is 0 Å². The molecule has 2 aromatic carbocycles. The van der Waals surface area contributed by atoms with Gasteiger partial charge in [-0.25, -0.2) is 4.39 Å². The van der Waals surface area contributed by atoms with Crippen LogP contribution < -0.4 is 0 Å². The van der Waals surface area contributed by atoms with Crippen LogP contribution >= 0.6 is 0 Å². The molecule has 0 saturated carbocycles. The average molecular weight is 501 g/mol. The third-order valence-electron chi connectivity index (χ3n) is 4.54. The fourth-order valence-corrected chi connectivity index (χ4v) is 5.31. The van der Waals surface area contributed by atoms with E-state index in [-0.39, 0.29) is 18.8 Å². The Labute approximate surface area is 197 Å². The van der Waals surface area contributed by atoms with Gasteiger partial charge in [0.05, 0.1) is 13.2 Å². The first-order valence-electron chi connectivity index (χ1n) is 10.5. The summed E-state index contributed by atoms with van der Waals surface area (Å²) in [6, 6.07) is 7.69. The van der Waals surface area contributed by atoms with E-state index in [4.69, 9.17) is 8.37 Å². The van der Waals surface area contributed by atoms with Crippen LogP contribution in [0.15, 0.2) is 40.1 Å². The van der Waals surface area contributed by atoms with Crippen LogP contribution in [-0.2, 0) is 28.6 Å². The van der Waals surface area contributed by atoms with E-state index in [1.54, 1.807) is 54.5 Å². The highest BCUT2D eigenvalue weighted by molar-refractivity contribution is 7.87. The van der Waals surface area contributed by atoms with E-state index in [1.165, 1.54) is 0 Å². The minimum Gasteiger partial charge on any atom is -0.266 e. The van der Waals surface area contributed by atoms with Gasteiger partial charge in [-0.05, 0) is 53.5 Å². The quantitative estimate of drug-likeness (QED) is 0.459. The molecule has 184 valence electrons. The van der Waals surface area contributed by atoms with E-state index >= 15 is 4.39 Å². The molecule has 0 aliphatic heterocycles. The van der Waals surface area contributed by atoms with Crippen LogP contribution in [0.3, 0.4) is 0 Å². The predicted octanol–water partition coefficient (Wildman–Crippen LogP) is 5.61. The smallest absolute Gasteiger partial charge is 0.266 e. The second-order valence-electron chi connectivity index (χ2n) is 10.7. The zero-order valence-corrected chi connectivity index (χ0v) is 22.1. The Hall–Kier alpha value is -1.81. The van der Waals surface area contributed by atoms with Gasteiger partial charge in [-0.3, -0.25) is 8.37 Å². The van der Waals surface area contributed by atoms with Crippen LogP contribution in [0.25, 0.3) is 11.1 Å². The van der Waals surface area contributed by atoms with Gasteiger partial charge in [0.2, 0.25) is 0 Å². The van der Waals surface area contributed by atoms with Gasteiger partial charge in [-0.1, -0.05) is 65.3 Å². The zero-order valence-electron chi connectivity index (χ0n) is 20.4. The van der Waals surface area contributed by atoms with Gasteiger partial charge in [0, 0.05) is 0 Å². The monoisotopic (exact) mass is 500 g/mol. The van der Waals surface area contributed by atoms with E-state index in [2.05, 4.69) is 0 Å². The molecule has 2 rings (SSSR count). The number of rotatable bonds is 7. The molecule has 0 unspecified atom stereocenters. The SMILES string of the molecule is Cc1ccc(C)c(-c2cc(S(=O)(=O)OCC(C)(C)C)c(F)c(S(=O)(=O)OCC(C)(C)C)c2)c1. The van der Waals surface area contributed by atoms with Crippen LogP contribution in [0.1, 0.15) is 52.7 Å². The molecule has 0 aliphatic rings. The van der Waals surface area contributed by atoms with E-state index < -0.39 is 46.7 Å². The average Bonchev–Trinajstić information content (AvgIpc) is 2.66. The van der Waals surface area contributed by atoms with Crippen molar-refractivity contribution in [3.05, 3.63) is 47.3 Å². The van der Waals surface area contributed by atoms with Crippen molar-refractivity contribution < 1.29 is 29.6 Å². The summed E-state index contributed by atoms with van der Waals surface area (Å²) in [6.07, 6.45) is 0. The molecule has 33 heavy (non-hydrogen) atoms. The summed E-state index contributed by atoms with van der Waals surface area (Å²) < 4.78 is 77.4. The lowest BCUT2D eigenvalue weighted by atomic mass is 9.98. The Morgan fingerprint density at radius 3 is 1.58 bits per heavy atom. The standard InChI is InChI=1S/C24H33FO6S2/c1-16-9-10-17(2)19(11-16)18-12-20(32(26,27)30-14-23(3,4)5)22(25)21(13-18)33(28,29)31-15-24(6,7)8/h9-13H,14-15H2,1-8H3. The van der Waals surface area contributed by atoms with Crippen molar-refractivity contribution >= 4 is 20.2 Å². The third-order valence-corrected chi connectivity index (χ3v) is 7.07. The fourth-order valence-electron chi connectivity index (χ4n) is 2.77. The van der Waals surface area contributed by atoms with Gasteiger partial charge in [-0.15, -0.1) is 0 Å². The van der Waals surface area contributed by atoms with Crippen LogP contribution in [0.5, 0.6) is 0 Å². The van der Waals surface area contributed by atoms with Crippen molar-refractivity contribution in [2.45, 2.75) is 65.2 Å². The molecule has 6 nitrogen and oxygen atoms in total. The third kappa shape index (κ3) is 7.34. The first-order valence-corrected chi connectivity index (χ1v) is 13.3. The molecule has 0 spiro atoms. The van der Waals surface area contributed by atoms with Crippen LogP contribution in [-0.4, -0.2) is 30.0 Å². The number of hydrogen-bond acceptors (Lipinski definition) is 6. The van der Waals surface area contributed by atoms with Gasteiger partial charge in [0.15, 0.2) is 5.82 Å². The molecule has 0 atom stereocenters. The molecule has 0 amide bonds. The molecule has 0 heterocycles. The lowest BCUT2D eigenvalue weighted by Crippen LogP contribution is -2.22. The highest BCUT2D eigenvalue weighted by Gasteiger charge is 2.32. The van der Waals surface area contributed by atoms with Gasteiger partial charge in [0.1, 0.15) is 9.79 Å². The largest absolute Gasteiger partial charge is 0.299 e. The molecule has 0 fully saturated rings. The molecule has 0 aromatic heterocycles. The van der Waals surface area contributed by atoms with Crippen LogP contribution in [0, 0.1) is 30.5 Å². The minimum atomic E-state index is -4.60. The molecule has 0 N–H and O–H groups in total. The van der Waals surface area contributed by atoms with Crippen LogP contribution in [0.4, 0.5) is 4.39 Å².